The fourth-order valence-electron chi connectivity index (χ4n) is 2.75. The van der Waals surface area contributed by atoms with Crippen LogP contribution in [0.1, 0.15) is 96.1 Å². The van der Waals surface area contributed by atoms with Crippen LogP contribution in [0.2, 0.25) is 0 Å². The summed E-state index contributed by atoms with van der Waals surface area (Å²) < 4.78 is 0. The number of phenolic OH excluding ortho intramolecular Hbond substituents is 1. The molecule has 0 saturated heterocycles. The molecule has 0 bridgehead atoms. The van der Waals surface area contributed by atoms with Crippen molar-refractivity contribution in [1.82, 2.24) is 0 Å². The minimum atomic E-state index is 0.0663. The Balaban J connectivity index is 2.74. The van der Waals surface area contributed by atoms with Gasteiger partial charge in [0.15, 0.2) is 0 Å². The Morgan fingerprint density at radius 3 is 2.00 bits per heavy atom. The van der Waals surface area contributed by atoms with E-state index in [1.807, 2.05) is 12.1 Å². The van der Waals surface area contributed by atoms with Gasteiger partial charge in [-0.05, 0) is 41.5 Å². The van der Waals surface area contributed by atoms with Crippen molar-refractivity contribution in [3.05, 3.63) is 23.3 Å². The highest BCUT2D eigenvalue weighted by Crippen LogP contribution is 2.36. The Hall–Kier alpha value is -1.51. The van der Waals surface area contributed by atoms with Gasteiger partial charge in [-0.15, -0.1) is 0 Å². The van der Waals surface area contributed by atoms with E-state index in [0.29, 0.717) is 12.2 Å². The number of aromatic hydroxyl groups is 1. The monoisotopic (exact) mass is 319 g/mol. The van der Waals surface area contributed by atoms with Crippen molar-refractivity contribution in [2.24, 2.45) is 0 Å². The largest absolute Gasteiger partial charge is 0.507 e. The van der Waals surface area contributed by atoms with E-state index in [2.05, 4.69) is 39.9 Å². The highest BCUT2D eigenvalue weighted by Gasteiger charge is 2.16. The van der Waals surface area contributed by atoms with Crippen molar-refractivity contribution in [2.75, 3.05) is 5.32 Å². The number of benzene rings is 1. The zero-order valence-corrected chi connectivity index (χ0v) is 15.4. The van der Waals surface area contributed by atoms with Gasteiger partial charge in [-0.1, -0.05) is 60.3 Å². The Kier molecular flexibility index (Phi) is 8.15. The number of carbonyl (C=O) groups excluding carboxylic acids is 1. The number of phenols is 1. The van der Waals surface area contributed by atoms with Gasteiger partial charge >= 0.3 is 0 Å². The molecular formula is C20H33NO2. The number of anilines is 1. The van der Waals surface area contributed by atoms with Crippen LogP contribution in [0.15, 0.2) is 12.1 Å². The van der Waals surface area contributed by atoms with E-state index in [-0.39, 0.29) is 17.7 Å². The number of carbonyl (C=O) groups is 1. The maximum absolute atomic E-state index is 12.1. The first-order valence-corrected chi connectivity index (χ1v) is 9.03. The third kappa shape index (κ3) is 6.25. The zero-order valence-electron chi connectivity index (χ0n) is 15.4. The normalized spacial score (nSPS) is 11.3. The van der Waals surface area contributed by atoms with Gasteiger partial charge in [0.25, 0.3) is 0 Å². The van der Waals surface area contributed by atoms with E-state index in [0.717, 1.165) is 29.7 Å². The van der Waals surface area contributed by atoms with E-state index in [1.54, 1.807) is 0 Å². The van der Waals surface area contributed by atoms with Gasteiger partial charge in [-0.3, -0.25) is 4.79 Å². The molecule has 1 aromatic carbocycles. The van der Waals surface area contributed by atoms with Crippen LogP contribution >= 0.6 is 0 Å². The molecule has 1 rings (SSSR count). The minimum Gasteiger partial charge on any atom is -0.507 e. The van der Waals surface area contributed by atoms with Gasteiger partial charge in [-0.2, -0.15) is 0 Å². The molecule has 0 fully saturated rings. The summed E-state index contributed by atoms with van der Waals surface area (Å²) >= 11 is 0. The predicted octanol–water partition coefficient (Wildman–Crippen LogP) is 5.94. The molecule has 23 heavy (non-hydrogen) atoms. The second-order valence-electron chi connectivity index (χ2n) is 7.03. The lowest BCUT2D eigenvalue weighted by Crippen LogP contribution is -2.12. The van der Waals surface area contributed by atoms with Crippen LogP contribution in [-0.2, 0) is 4.79 Å². The smallest absolute Gasteiger partial charge is 0.224 e. The van der Waals surface area contributed by atoms with Crippen molar-refractivity contribution in [3.63, 3.8) is 0 Å². The molecule has 1 aromatic rings. The maximum Gasteiger partial charge on any atom is 0.224 e. The summed E-state index contributed by atoms with van der Waals surface area (Å²) in [4.78, 5) is 12.1. The Bertz CT molecular complexity index is 477. The Labute approximate surface area is 141 Å². The lowest BCUT2D eigenvalue weighted by atomic mass is 9.93. The molecule has 1 amide bonds. The highest BCUT2D eigenvalue weighted by atomic mass is 16.3. The molecule has 2 N–H and O–H groups in total. The minimum absolute atomic E-state index is 0.0663. The molecule has 0 aromatic heterocycles. The molecule has 0 saturated carbocycles. The number of hydrogen-bond acceptors (Lipinski definition) is 2. The van der Waals surface area contributed by atoms with Gasteiger partial charge in [0.05, 0.1) is 0 Å². The number of amides is 1. The summed E-state index contributed by atoms with van der Waals surface area (Å²) in [5, 5.41) is 13.4. The second kappa shape index (κ2) is 9.59. The predicted molar refractivity (Wildman–Crippen MR) is 98.3 cm³/mol. The molecule has 3 heteroatoms. The topological polar surface area (TPSA) is 49.3 Å². The van der Waals surface area contributed by atoms with Crippen LogP contribution in [0.4, 0.5) is 5.69 Å². The lowest BCUT2D eigenvalue weighted by Gasteiger charge is -2.18. The van der Waals surface area contributed by atoms with Crippen LogP contribution in [-0.4, -0.2) is 11.0 Å². The number of unbranched alkanes of at least 4 members (excludes halogenated alkanes) is 4. The van der Waals surface area contributed by atoms with E-state index in [9.17, 15) is 9.90 Å². The summed E-state index contributed by atoms with van der Waals surface area (Å²) in [6.45, 7) is 10.4. The maximum atomic E-state index is 12.1. The third-order valence-corrected chi connectivity index (χ3v) is 4.20. The zero-order chi connectivity index (χ0) is 17.4. The Morgan fingerprint density at radius 2 is 1.52 bits per heavy atom. The standard InChI is InChI=1S/C20H33NO2/c1-6-7-8-9-10-11-19(22)21-16-12-17(14(2)3)20(23)18(13-16)15(4)5/h12-15,23H,6-11H2,1-5H3,(H,21,22). The number of nitrogens with one attached hydrogen (secondary N) is 1. The summed E-state index contributed by atoms with van der Waals surface area (Å²) in [7, 11) is 0. The fraction of sp³-hybridized carbons (Fsp3) is 0.650. The first kappa shape index (κ1) is 19.5. The SMILES string of the molecule is CCCCCCCC(=O)Nc1cc(C(C)C)c(O)c(C(C)C)c1. The van der Waals surface area contributed by atoms with Gasteiger partial charge < -0.3 is 10.4 Å². The van der Waals surface area contributed by atoms with Crippen LogP contribution < -0.4 is 5.32 Å². The molecule has 0 atom stereocenters. The fourth-order valence-corrected chi connectivity index (χ4v) is 2.75. The van der Waals surface area contributed by atoms with Crippen LogP contribution in [0.5, 0.6) is 5.75 Å². The van der Waals surface area contributed by atoms with Crippen LogP contribution in [0.3, 0.4) is 0 Å². The molecular weight excluding hydrogens is 286 g/mol. The summed E-state index contributed by atoms with van der Waals surface area (Å²) in [5.74, 6) is 0.876. The van der Waals surface area contributed by atoms with Gasteiger partial charge in [0, 0.05) is 12.1 Å². The molecule has 3 nitrogen and oxygen atoms in total. The number of hydrogen-bond donors (Lipinski definition) is 2. The molecule has 0 spiro atoms. The average Bonchev–Trinajstić information content (AvgIpc) is 2.48. The lowest BCUT2D eigenvalue weighted by molar-refractivity contribution is -0.116. The van der Waals surface area contributed by atoms with E-state index in [1.165, 1.54) is 19.3 Å². The van der Waals surface area contributed by atoms with Crippen molar-refractivity contribution >= 4 is 11.6 Å². The molecule has 0 aliphatic rings. The summed E-state index contributed by atoms with van der Waals surface area (Å²) in [6, 6.07) is 3.81. The quantitative estimate of drug-likeness (QED) is 0.437. The Morgan fingerprint density at radius 1 is 1.00 bits per heavy atom. The van der Waals surface area contributed by atoms with Crippen LogP contribution in [0, 0.1) is 0 Å². The molecule has 0 aliphatic heterocycles. The first-order chi connectivity index (χ1) is 10.9. The second-order valence-corrected chi connectivity index (χ2v) is 7.03. The van der Waals surface area contributed by atoms with Crippen LogP contribution in [0.25, 0.3) is 0 Å². The van der Waals surface area contributed by atoms with Crippen molar-refractivity contribution in [2.45, 2.75) is 85.0 Å². The van der Waals surface area contributed by atoms with Gasteiger partial charge in [0.1, 0.15) is 5.75 Å². The molecule has 0 unspecified atom stereocenters. The first-order valence-electron chi connectivity index (χ1n) is 9.03. The molecule has 0 aliphatic carbocycles. The summed E-state index contributed by atoms with van der Waals surface area (Å²) in [6.07, 6.45) is 6.30. The number of rotatable bonds is 9. The van der Waals surface area contributed by atoms with E-state index < -0.39 is 0 Å². The molecule has 0 radical (unpaired) electrons. The summed E-state index contributed by atoms with van der Waals surface area (Å²) in [5.41, 5.74) is 2.60. The van der Waals surface area contributed by atoms with Gasteiger partial charge in [0.2, 0.25) is 5.91 Å². The van der Waals surface area contributed by atoms with Crippen molar-refractivity contribution in [3.8, 4) is 5.75 Å². The van der Waals surface area contributed by atoms with Crippen molar-refractivity contribution in [1.29, 1.82) is 0 Å². The average molecular weight is 319 g/mol. The highest BCUT2D eigenvalue weighted by molar-refractivity contribution is 5.91. The van der Waals surface area contributed by atoms with Gasteiger partial charge in [-0.25, -0.2) is 0 Å². The van der Waals surface area contributed by atoms with Crippen molar-refractivity contribution < 1.29 is 9.90 Å². The third-order valence-electron chi connectivity index (χ3n) is 4.20. The molecule has 0 heterocycles. The molecule has 130 valence electrons. The van der Waals surface area contributed by atoms with E-state index >= 15 is 0 Å². The van der Waals surface area contributed by atoms with E-state index in [4.69, 9.17) is 0 Å².